The Hall–Kier alpha value is -1.61. The summed E-state index contributed by atoms with van der Waals surface area (Å²) in [5, 5.41) is 0. The number of hydrogen-bond donors (Lipinski definition) is 0. The van der Waals surface area contributed by atoms with Gasteiger partial charge in [-0.15, -0.1) is 0 Å². The van der Waals surface area contributed by atoms with Crippen LogP contribution in [0.25, 0.3) is 11.4 Å². The van der Waals surface area contributed by atoms with Gasteiger partial charge in [0.15, 0.2) is 0 Å². The molecule has 1 unspecified atom stereocenters. The van der Waals surface area contributed by atoms with Crippen molar-refractivity contribution in [2.75, 3.05) is 13.6 Å². The fourth-order valence-electron chi connectivity index (χ4n) is 4.92. The van der Waals surface area contributed by atoms with Gasteiger partial charge in [0.1, 0.15) is 5.82 Å². The average molecular weight is 396 g/mol. The molecule has 3 heteroatoms. The van der Waals surface area contributed by atoms with Gasteiger partial charge in [-0.25, -0.2) is 4.98 Å². The van der Waals surface area contributed by atoms with Gasteiger partial charge >= 0.3 is 0 Å². The van der Waals surface area contributed by atoms with Crippen LogP contribution in [0, 0.1) is 5.92 Å². The van der Waals surface area contributed by atoms with E-state index in [0.29, 0.717) is 6.04 Å². The summed E-state index contributed by atoms with van der Waals surface area (Å²) in [6, 6.07) is 11.2. The summed E-state index contributed by atoms with van der Waals surface area (Å²) in [5.41, 5.74) is 2.66. The normalized spacial score (nSPS) is 16.4. The Morgan fingerprint density at radius 3 is 2.45 bits per heavy atom. The van der Waals surface area contributed by atoms with Crippen LogP contribution in [0.3, 0.4) is 0 Å². The number of benzene rings is 1. The third-order valence-corrected chi connectivity index (χ3v) is 6.63. The van der Waals surface area contributed by atoms with Crippen molar-refractivity contribution in [3.63, 3.8) is 0 Å². The number of unbranched alkanes of at least 4 members (excludes halogenated alkanes) is 2. The van der Waals surface area contributed by atoms with Crippen LogP contribution in [0.4, 0.5) is 0 Å². The van der Waals surface area contributed by atoms with Crippen LogP contribution in [0.1, 0.15) is 89.8 Å². The molecule has 0 aliphatic heterocycles. The molecule has 2 aromatic rings. The van der Waals surface area contributed by atoms with Gasteiger partial charge in [-0.2, -0.15) is 0 Å². The topological polar surface area (TPSA) is 21.1 Å². The summed E-state index contributed by atoms with van der Waals surface area (Å²) in [7, 11) is 2.36. The Morgan fingerprint density at radius 2 is 1.76 bits per heavy atom. The minimum atomic E-state index is 0.471. The van der Waals surface area contributed by atoms with Crippen LogP contribution < -0.4 is 0 Å². The summed E-state index contributed by atoms with van der Waals surface area (Å²) < 4.78 is 2.52. The molecule has 0 bridgehead atoms. The van der Waals surface area contributed by atoms with E-state index in [1.54, 1.807) is 0 Å². The van der Waals surface area contributed by atoms with E-state index in [-0.39, 0.29) is 0 Å². The van der Waals surface area contributed by atoms with Gasteiger partial charge in [0.2, 0.25) is 0 Å². The molecule has 1 fully saturated rings. The van der Waals surface area contributed by atoms with Gasteiger partial charge in [-0.3, -0.25) is 4.90 Å². The molecule has 0 amide bonds. The molecule has 3 nitrogen and oxygen atoms in total. The lowest BCUT2D eigenvalue weighted by atomic mass is 9.88. The van der Waals surface area contributed by atoms with Crippen LogP contribution in [-0.4, -0.2) is 28.0 Å². The SMILES string of the molecule is CCCCC(c1cnc(-c2ccccc2)n1CCCC)N(C)CC1CCCCC1. The maximum absolute atomic E-state index is 4.93. The van der Waals surface area contributed by atoms with Crippen molar-refractivity contribution < 1.29 is 0 Å². The fraction of sp³-hybridized carbons (Fsp3) is 0.654. The molecule has 1 aromatic heterocycles. The van der Waals surface area contributed by atoms with E-state index >= 15 is 0 Å². The van der Waals surface area contributed by atoms with Gasteiger partial charge in [0.25, 0.3) is 0 Å². The highest BCUT2D eigenvalue weighted by Crippen LogP contribution is 2.32. The quantitative estimate of drug-likeness (QED) is 0.405. The minimum absolute atomic E-state index is 0.471. The van der Waals surface area contributed by atoms with Crippen LogP contribution in [0.15, 0.2) is 36.5 Å². The first-order chi connectivity index (χ1) is 14.2. The van der Waals surface area contributed by atoms with Gasteiger partial charge in [0, 0.05) is 18.7 Å². The summed E-state index contributed by atoms with van der Waals surface area (Å²) in [6.07, 6.45) is 15.5. The molecule has 0 saturated heterocycles. The predicted octanol–water partition coefficient (Wildman–Crippen LogP) is 7.09. The van der Waals surface area contributed by atoms with Crippen molar-refractivity contribution in [1.82, 2.24) is 14.5 Å². The Labute approximate surface area is 178 Å². The third-order valence-electron chi connectivity index (χ3n) is 6.63. The van der Waals surface area contributed by atoms with Crippen LogP contribution >= 0.6 is 0 Å². The molecule has 160 valence electrons. The highest BCUT2D eigenvalue weighted by atomic mass is 15.2. The molecule has 1 atom stereocenters. The number of imidazole rings is 1. The molecular weight excluding hydrogens is 354 g/mol. The lowest BCUT2D eigenvalue weighted by Gasteiger charge is -2.33. The Bertz CT molecular complexity index is 700. The molecule has 0 spiro atoms. The zero-order chi connectivity index (χ0) is 20.5. The van der Waals surface area contributed by atoms with Crippen molar-refractivity contribution in [1.29, 1.82) is 0 Å². The van der Waals surface area contributed by atoms with Gasteiger partial charge in [-0.05, 0) is 38.6 Å². The third kappa shape index (κ3) is 5.94. The number of nitrogens with zero attached hydrogens (tertiary/aromatic N) is 3. The molecule has 1 heterocycles. The van der Waals surface area contributed by atoms with E-state index in [2.05, 4.69) is 66.9 Å². The molecule has 1 aromatic carbocycles. The van der Waals surface area contributed by atoms with E-state index in [1.807, 2.05) is 0 Å². The lowest BCUT2D eigenvalue weighted by molar-refractivity contribution is 0.167. The Morgan fingerprint density at radius 1 is 1.03 bits per heavy atom. The molecule has 1 saturated carbocycles. The minimum Gasteiger partial charge on any atom is -0.327 e. The maximum atomic E-state index is 4.93. The first kappa shape index (κ1) is 22.1. The summed E-state index contributed by atoms with van der Waals surface area (Å²) >= 11 is 0. The second-order valence-electron chi connectivity index (χ2n) is 8.98. The van der Waals surface area contributed by atoms with Gasteiger partial charge < -0.3 is 4.57 Å². The molecule has 1 aliphatic rings. The monoisotopic (exact) mass is 395 g/mol. The average Bonchev–Trinajstić information content (AvgIpc) is 3.17. The first-order valence-electron chi connectivity index (χ1n) is 12.1. The number of aromatic nitrogens is 2. The second kappa shape index (κ2) is 11.5. The van der Waals surface area contributed by atoms with Crippen LogP contribution in [0.2, 0.25) is 0 Å². The largest absolute Gasteiger partial charge is 0.327 e. The lowest BCUT2D eigenvalue weighted by Crippen LogP contribution is -2.32. The number of hydrogen-bond acceptors (Lipinski definition) is 2. The van der Waals surface area contributed by atoms with Crippen molar-refractivity contribution in [3.8, 4) is 11.4 Å². The standard InChI is InChI=1S/C26H41N3/c1-4-6-18-24(28(3)21-22-14-10-8-11-15-22)25-20-27-26(29(25)19-7-5-2)23-16-12-9-13-17-23/h9,12-13,16-17,20,22,24H,4-8,10-11,14-15,18-19,21H2,1-3H3. The second-order valence-corrected chi connectivity index (χ2v) is 8.98. The highest BCUT2D eigenvalue weighted by molar-refractivity contribution is 5.56. The smallest absolute Gasteiger partial charge is 0.140 e. The molecule has 29 heavy (non-hydrogen) atoms. The van der Waals surface area contributed by atoms with E-state index in [4.69, 9.17) is 4.98 Å². The summed E-state index contributed by atoms with van der Waals surface area (Å²) in [4.78, 5) is 7.59. The van der Waals surface area contributed by atoms with E-state index < -0.39 is 0 Å². The van der Waals surface area contributed by atoms with Crippen molar-refractivity contribution >= 4 is 0 Å². The predicted molar refractivity (Wildman–Crippen MR) is 124 cm³/mol. The fourth-order valence-corrected chi connectivity index (χ4v) is 4.92. The van der Waals surface area contributed by atoms with Crippen LogP contribution in [-0.2, 0) is 6.54 Å². The van der Waals surface area contributed by atoms with Gasteiger partial charge in [-0.1, -0.05) is 82.7 Å². The van der Waals surface area contributed by atoms with Crippen molar-refractivity contribution in [3.05, 3.63) is 42.2 Å². The highest BCUT2D eigenvalue weighted by Gasteiger charge is 2.25. The summed E-state index contributed by atoms with van der Waals surface area (Å²) in [6.45, 7) is 6.88. The Kier molecular flexibility index (Phi) is 8.79. The molecular formula is C26H41N3. The zero-order valence-electron chi connectivity index (χ0n) is 18.9. The van der Waals surface area contributed by atoms with Crippen LogP contribution in [0.5, 0.6) is 0 Å². The van der Waals surface area contributed by atoms with E-state index in [0.717, 1.165) is 18.3 Å². The molecule has 3 rings (SSSR count). The van der Waals surface area contributed by atoms with E-state index in [1.165, 1.54) is 82.0 Å². The number of rotatable bonds is 11. The molecule has 0 N–H and O–H groups in total. The Balaban J connectivity index is 1.88. The first-order valence-corrected chi connectivity index (χ1v) is 12.1. The zero-order valence-corrected chi connectivity index (χ0v) is 18.9. The molecule has 1 aliphatic carbocycles. The van der Waals surface area contributed by atoms with E-state index in [9.17, 15) is 0 Å². The van der Waals surface area contributed by atoms with Crippen molar-refractivity contribution in [2.24, 2.45) is 5.92 Å². The molecule has 0 radical (unpaired) electrons. The van der Waals surface area contributed by atoms with Crippen molar-refractivity contribution in [2.45, 2.75) is 90.6 Å². The summed E-state index contributed by atoms with van der Waals surface area (Å²) in [5.74, 6) is 2.01. The maximum Gasteiger partial charge on any atom is 0.140 e. The van der Waals surface area contributed by atoms with Gasteiger partial charge in [0.05, 0.1) is 17.9 Å².